The molecule has 3 saturated carbocycles. The first-order valence-electron chi connectivity index (χ1n) is 16.1. The Morgan fingerprint density at radius 1 is 0.927 bits per heavy atom. The molecule has 13 unspecified atom stereocenters. The van der Waals surface area contributed by atoms with Crippen LogP contribution < -0.4 is 11.1 Å². The van der Waals surface area contributed by atoms with Crippen molar-refractivity contribution in [1.82, 2.24) is 5.32 Å². The zero-order valence-electron chi connectivity index (χ0n) is 25.1. The topological polar surface area (TPSA) is 175 Å². The standard InChI is InChI=1S/C31H56N2O8/c1-40-26-14-18(3-6-22(26)35)4-7-23(36)29(24(37)8-5-19-13-25(38)30(39)27(15-19)41-2)31(11-9-21(34)17-31)20-10-12-33-28(32)16-20/h18-23,25-30,33-36,38-39H,3-17,32H2,1-2H3. The SMILES string of the molecule is COC1CC(CCC(O)C(C(=O)CCC2CC(O)C(O)C(OC)C2)C2(C3CCNC(N)C3)CCC(O)C2)CCC1O. The predicted molar refractivity (Wildman–Crippen MR) is 154 cm³/mol. The Labute approximate surface area is 245 Å². The average Bonchev–Trinajstić information content (AvgIpc) is 3.35. The number of rotatable bonds is 12. The molecule has 1 saturated heterocycles. The molecule has 13 atom stereocenters. The number of nitrogens with two attached hydrogens (primary N) is 1. The van der Waals surface area contributed by atoms with Gasteiger partial charge in [0.15, 0.2) is 0 Å². The van der Waals surface area contributed by atoms with Crippen LogP contribution in [0.3, 0.4) is 0 Å². The number of piperidine rings is 1. The zero-order chi connectivity index (χ0) is 29.7. The Morgan fingerprint density at radius 2 is 1.66 bits per heavy atom. The number of nitrogens with one attached hydrogen (secondary N) is 1. The van der Waals surface area contributed by atoms with Crippen molar-refractivity contribution in [1.29, 1.82) is 0 Å². The number of ether oxygens (including phenoxy) is 2. The lowest BCUT2D eigenvalue weighted by Gasteiger charge is -2.48. The second kappa shape index (κ2) is 14.9. The predicted octanol–water partition coefficient (Wildman–Crippen LogP) is 1.23. The van der Waals surface area contributed by atoms with Gasteiger partial charge in [-0.25, -0.2) is 0 Å². The molecule has 10 heteroatoms. The Balaban J connectivity index is 1.51. The number of hydrogen-bond acceptors (Lipinski definition) is 10. The molecule has 0 aromatic heterocycles. The lowest BCUT2D eigenvalue weighted by Crippen LogP contribution is -2.53. The van der Waals surface area contributed by atoms with Gasteiger partial charge in [0, 0.05) is 26.6 Å². The van der Waals surface area contributed by atoms with E-state index in [0.29, 0.717) is 63.7 Å². The molecule has 10 nitrogen and oxygen atoms in total. The maximum absolute atomic E-state index is 14.3. The van der Waals surface area contributed by atoms with Gasteiger partial charge in [-0.2, -0.15) is 0 Å². The first kappa shape index (κ1) is 33.2. The fourth-order valence-corrected chi connectivity index (χ4v) is 8.93. The van der Waals surface area contributed by atoms with Gasteiger partial charge in [-0.1, -0.05) is 0 Å². The number of carbonyl (C=O) groups excluding carboxylic acids is 1. The molecule has 4 fully saturated rings. The van der Waals surface area contributed by atoms with Crippen molar-refractivity contribution in [3.63, 3.8) is 0 Å². The van der Waals surface area contributed by atoms with Gasteiger partial charge in [0.1, 0.15) is 11.9 Å². The van der Waals surface area contributed by atoms with Crippen molar-refractivity contribution in [3.05, 3.63) is 0 Å². The number of ketones is 1. The highest BCUT2D eigenvalue weighted by Crippen LogP contribution is 2.55. The number of aliphatic hydroxyl groups is 5. The lowest BCUT2D eigenvalue weighted by atomic mass is 9.58. The number of hydrogen-bond donors (Lipinski definition) is 7. The van der Waals surface area contributed by atoms with Gasteiger partial charge in [-0.15, -0.1) is 0 Å². The van der Waals surface area contributed by atoms with Crippen LogP contribution in [0.1, 0.15) is 89.9 Å². The van der Waals surface area contributed by atoms with Gasteiger partial charge in [0.25, 0.3) is 0 Å². The molecule has 0 amide bonds. The van der Waals surface area contributed by atoms with E-state index in [9.17, 15) is 30.3 Å². The van der Waals surface area contributed by atoms with E-state index in [0.717, 1.165) is 32.2 Å². The second-order valence-electron chi connectivity index (χ2n) is 13.7. The van der Waals surface area contributed by atoms with E-state index in [-0.39, 0.29) is 36.3 Å². The molecule has 1 heterocycles. The zero-order valence-corrected chi connectivity index (χ0v) is 25.1. The molecule has 0 spiro atoms. The Kier molecular flexibility index (Phi) is 12.0. The second-order valence-corrected chi connectivity index (χ2v) is 13.7. The molecule has 0 aromatic carbocycles. The highest BCUT2D eigenvalue weighted by atomic mass is 16.5. The highest BCUT2D eigenvalue weighted by molar-refractivity contribution is 5.82. The minimum absolute atomic E-state index is 0.0297. The summed E-state index contributed by atoms with van der Waals surface area (Å²) in [6.07, 6.45) is 4.33. The quantitative estimate of drug-likeness (QED) is 0.177. The molecule has 4 aliphatic rings. The van der Waals surface area contributed by atoms with Crippen LogP contribution in [-0.2, 0) is 14.3 Å². The van der Waals surface area contributed by atoms with Crippen LogP contribution in [0.5, 0.6) is 0 Å². The van der Waals surface area contributed by atoms with E-state index in [1.807, 2.05) is 0 Å². The number of methoxy groups -OCH3 is 2. The first-order chi connectivity index (χ1) is 19.6. The van der Waals surface area contributed by atoms with Crippen molar-refractivity contribution in [3.8, 4) is 0 Å². The Bertz CT molecular complexity index is 834. The smallest absolute Gasteiger partial charge is 0.139 e. The highest BCUT2D eigenvalue weighted by Gasteiger charge is 2.55. The van der Waals surface area contributed by atoms with E-state index >= 15 is 0 Å². The van der Waals surface area contributed by atoms with Crippen LogP contribution in [0, 0.1) is 29.1 Å². The Hall–Kier alpha value is -0.690. The van der Waals surface area contributed by atoms with E-state index < -0.39 is 48.0 Å². The fraction of sp³-hybridized carbons (Fsp3) is 0.968. The van der Waals surface area contributed by atoms with Crippen molar-refractivity contribution in [2.24, 2.45) is 34.8 Å². The van der Waals surface area contributed by atoms with Crippen molar-refractivity contribution in [2.45, 2.75) is 139 Å². The first-order valence-corrected chi connectivity index (χ1v) is 16.1. The molecular weight excluding hydrogens is 528 g/mol. The van der Waals surface area contributed by atoms with Gasteiger partial charge < -0.3 is 46.1 Å². The maximum atomic E-state index is 14.3. The third-order valence-electron chi connectivity index (χ3n) is 11.2. The summed E-state index contributed by atoms with van der Waals surface area (Å²) in [6.45, 7) is 0.754. The molecule has 41 heavy (non-hydrogen) atoms. The maximum Gasteiger partial charge on any atom is 0.139 e. The number of Topliss-reactive ketones (excluding diaryl/α,β-unsaturated/α-hetero) is 1. The minimum atomic E-state index is -0.924. The number of carbonyl (C=O) groups is 1. The van der Waals surface area contributed by atoms with Crippen LogP contribution in [0.15, 0.2) is 0 Å². The van der Waals surface area contributed by atoms with Crippen LogP contribution in [0.4, 0.5) is 0 Å². The van der Waals surface area contributed by atoms with E-state index in [4.69, 9.17) is 15.2 Å². The van der Waals surface area contributed by atoms with Gasteiger partial charge in [-0.05, 0) is 113 Å². The molecule has 0 radical (unpaired) electrons. The van der Waals surface area contributed by atoms with Gasteiger partial charge >= 0.3 is 0 Å². The molecule has 0 bridgehead atoms. The van der Waals surface area contributed by atoms with Crippen molar-refractivity contribution in [2.75, 3.05) is 20.8 Å². The van der Waals surface area contributed by atoms with Crippen LogP contribution in [-0.4, -0.2) is 101 Å². The largest absolute Gasteiger partial charge is 0.393 e. The summed E-state index contributed by atoms with van der Waals surface area (Å²) < 4.78 is 10.9. The van der Waals surface area contributed by atoms with E-state index in [2.05, 4.69) is 5.32 Å². The molecule has 0 aromatic rings. The summed E-state index contributed by atoms with van der Waals surface area (Å²) in [7, 11) is 3.15. The third-order valence-corrected chi connectivity index (χ3v) is 11.2. The normalized spacial score (nSPS) is 43.5. The van der Waals surface area contributed by atoms with Crippen LogP contribution in [0.2, 0.25) is 0 Å². The van der Waals surface area contributed by atoms with E-state index in [1.165, 1.54) is 7.11 Å². The lowest BCUT2D eigenvalue weighted by molar-refractivity contribution is -0.140. The summed E-state index contributed by atoms with van der Waals surface area (Å²) in [6, 6.07) is 0. The van der Waals surface area contributed by atoms with E-state index in [1.54, 1.807) is 7.11 Å². The average molecular weight is 585 g/mol. The summed E-state index contributed by atoms with van der Waals surface area (Å²) >= 11 is 0. The monoisotopic (exact) mass is 584 g/mol. The van der Waals surface area contributed by atoms with Gasteiger partial charge in [-0.3, -0.25) is 4.79 Å². The molecule has 1 aliphatic heterocycles. The van der Waals surface area contributed by atoms with Gasteiger partial charge in [0.05, 0.1) is 42.8 Å². The molecular formula is C31H56N2O8. The summed E-state index contributed by atoms with van der Waals surface area (Å²) in [5, 5.41) is 56.8. The van der Waals surface area contributed by atoms with Crippen LogP contribution in [0.25, 0.3) is 0 Å². The molecule has 4 rings (SSSR count). The molecule has 3 aliphatic carbocycles. The van der Waals surface area contributed by atoms with Gasteiger partial charge in [0.2, 0.25) is 0 Å². The minimum Gasteiger partial charge on any atom is -0.393 e. The van der Waals surface area contributed by atoms with Crippen LogP contribution >= 0.6 is 0 Å². The summed E-state index contributed by atoms with van der Waals surface area (Å²) in [5.74, 6) is -0.0852. The Morgan fingerprint density at radius 3 is 2.32 bits per heavy atom. The molecule has 238 valence electrons. The van der Waals surface area contributed by atoms with Crippen molar-refractivity contribution >= 4 is 5.78 Å². The summed E-state index contributed by atoms with van der Waals surface area (Å²) in [4.78, 5) is 14.3. The summed E-state index contributed by atoms with van der Waals surface area (Å²) in [5.41, 5.74) is 5.82. The fourth-order valence-electron chi connectivity index (χ4n) is 8.93. The third kappa shape index (κ3) is 7.88. The number of aliphatic hydroxyl groups excluding tert-OH is 5. The molecule has 8 N–H and O–H groups in total. The van der Waals surface area contributed by atoms with Crippen molar-refractivity contribution < 1.29 is 39.8 Å².